The highest BCUT2D eigenvalue weighted by Gasteiger charge is 2.27. The van der Waals surface area contributed by atoms with E-state index in [2.05, 4.69) is 44.3 Å². The van der Waals surface area contributed by atoms with Gasteiger partial charge in [0.2, 0.25) is 0 Å². The van der Waals surface area contributed by atoms with Crippen molar-refractivity contribution < 1.29 is 9.47 Å². The highest BCUT2D eigenvalue weighted by Crippen LogP contribution is 2.34. The number of nitrogens with one attached hydrogen (secondary N) is 1. The van der Waals surface area contributed by atoms with Crippen LogP contribution in [0.3, 0.4) is 0 Å². The molecule has 21 heavy (non-hydrogen) atoms. The Bertz CT molecular complexity index is 447. The molecule has 1 N–H and O–H groups in total. The monoisotopic (exact) mass is 291 g/mol. The lowest BCUT2D eigenvalue weighted by molar-refractivity contribution is 0.146. The summed E-state index contributed by atoms with van der Waals surface area (Å²) in [5, 5.41) is 3.72. The largest absolute Gasteiger partial charge is 0.489 e. The number of rotatable bonds is 6. The number of benzene rings is 1. The molecule has 3 heteroatoms. The molecular weight excluding hydrogens is 262 g/mol. The highest BCUT2D eigenvalue weighted by molar-refractivity contribution is 5.58. The second-order valence-corrected chi connectivity index (χ2v) is 6.36. The van der Waals surface area contributed by atoms with Gasteiger partial charge in [-0.1, -0.05) is 32.8 Å². The minimum absolute atomic E-state index is 0.543. The van der Waals surface area contributed by atoms with Crippen molar-refractivity contribution in [3.05, 3.63) is 23.8 Å². The lowest BCUT2D eigenvalue weighted by atomic mass is 9.78. The van der Waals surface area contributed by atoms with Crippen molar-refractivity contribution in [1.82, 2.24) is 0 Å². The average Bonchev–Trinajstić information content (AvgIpc) is 2.46. The Morgan fingerprint density at radius 3 is 2.76 bits per heavy atom. The van der Waals surface area contributed by atoms with E-state index in [0.29, 0.717) is 25.2 Å². The lowest BCUT2D eigenvalue weighted by Gasteiger charge is -2.35. The third kappa shape index (κ3) is 4.37. The minimum Gasteiger partial charge on any atom is -0.489 e. The van der Waals surface area contributed by atoms with Crippen molar-refractivity contribution in [3.63, 3.8) is 0 Å². The van der Waals surface area contributed by atoms with Crippen LogP contribution < -0.4 is 10.1 Å². The van der Waals surface area contributed by atoms with Crippen LogP contribution in [-0.4, -0.2) is 26.4 Å². The molecule has 0 aromatic heterocycles. The first-order valence-electron chi connectivity index (χ1n) is 8.10. The molecule has 1 aromatic carbocycles. The maximum Gasteiger partial charge on any atom is 0.142 e. The number of anilines is 1. The number of methoxy groups -OCH3 is 1. The SMILES string of the molecule is COCCOc1cc(C)ccc1NC1CCCC(C)C1C. The Labute approximate surface area is 129 Å². The summed E-state index contributed by atoms with van der Waals surface area (Å²) in [4.78, 5) is 0. The van der Waals surface area contributed by atoms with E-state index >= 15 is 0 Å². The number of hydrogen-bond acceptors (Lipinski definition) is 3. The van der Waals surface area contributed by atoms with Crippen LogP contribution in [-0.2, 0) is 4.74 Å². The molecule has 0 spiro atoms. The third-order valence-electron chi connectivity index (χ3n) is 4.73. The van der Waals surface area contributed by atoms with Gasteiger partial charge in [-0.3, -0.25) is 0 Å². The molecule has 2 rings (SSSR count). The van der Waals surface area contributed by atoms with Gasteiger partial charge in [-0.15, -0.1) is 0 Å². The van der Waals surface area contributed by atoms with Crippen molar-refractivity contribution in [2.24, 2.45) is 11.8 Å². The maximum atomic E-state index is 5.87. The lowest BCUT2D eigenvalue weighted by Crippen LogP contribution is -2.35. The summed E-state index contributed by atoms with van der Waals surface area (Å²) in [6.45, 7) is 8.03. The summed E-state index contributed by atoms with van der Waals surface area (Å²) < 4.78 is 10.9. The van der Waals surface area contributed by atoms with Crippen molar-refractivity contribution >= 4 is 5.69 Å². The van der Waals surface area contributed by atoms with Crippen LogP contribution in [0.2, 0.25) is 0 Å². The fourth-order valence-corrected chi connectivity index (χ4v) is 3.09. The molecule has 3 nitrogen and oxygen atoms in total. The second-order valence-electron chi connectivity index (χ2n) is 6.36. The van der Waals surface area contributed by atoms with E-state index in [0.717, 1.165) is 17.4 Å². The molecule has 1 saturated carbocycles. The molecule has 0 heterocycles. The van der Waals surface area contributed by atoms with Crippen LogP contribution >= 0.6 is 0 Å². The Morgan fingerprint density at radius 2 is 2.00 bits per heavy atom. The van der Waals surface area contributed by atoms with Gasteiger partial charge < -0.3 is 14.8 Å². The Morgan fingerprint density at radius 1 is 1.19 bits per heavy atom. The van der Waals surface area contributed by atoms with Gasteiger partial charge >= 0.3 is 0 Å². The molecule has 1 aliphatic rings. The standard InChI is InChI=1S/C18H29NO2/c1-13-8-9-17(18(12-13)21-11-10-20-4)19-16-7-5-6-14(2)15(16)3/h8-9,12,14-16,19H,5-7,10-11H2,1-4H3. The first kappa shape index (κ1) is 16.2. The number of ether oxygens (including phenoxy) is 2. The summed E-state index contributed by atoms with van der Waals surface area (Å²) in [5.74, 6) is 2.43. The predicted octanol–water partition coefficient (Wildman–Crippen LogP) is 4.26. The molecule has 0 radical (unpaired) electrons. The topological polar surface area (TPSA) is 30.5 Å². The summed E-state index contributed by atoms with van der Waals surface area (Å²) in [7, 11) is 1.70. The first-order chi connectivity index (χ1) is 10.1. The number of aryl methyl sites for hydroxylation is 1. The van der Waals surface area contributed by atoms with Crippen molar-refractivity contribution in [2.45, 2.75) is 46.1 Å². The fourth-order valence-electron chi connectivity index (χ4n) is 3.09. The summed E-state index contributed by atoms with van der Waals surface area (Å²) in [5.41, 5.74) is 2.33. The molecule has 1 fully saturated rings. The molecule has 0 bridgehead atoms. The van der Waals surface area contributed by atoms with E-state index in [1.54, 1.807) is 7.11 Å². The molecule has 1 aliphatic carbocycles. The van der Waals surface area contributed by atoms with Crippen LogP contribution in [0.25, 0.3) is 0 Å². The van der Waals surface area contributed by atoms with Gasteiger partial charge in [0.15, 0.2) is 0 Å². The quantitative estimate of drug-likeness (QED) is 0.795. The van der Waals surface area contributed by atoms with Gasteiger partial charge in [0, 0.05) is 13.2 Å². The average molecular weight is 291 g/mol. The highest BCUT2D eigenvalue weighted by atomic mass is 16.5. The summed E-state index contributed by atoms with van der Waals surface area (Å²) >= 11 is 0. The molecule has 3 unspecified atom stereocenters. The van der Waals surface area contributed by atoms with Crippen LogP contribution in [0.15, 0.2) is 18.2 Å². The zero-order chi connectivity index (χ0) is 15.2. The molecule has 0 saturated heterocycles. The van der Waals surface area contributed by atoms with Gasteiger partial charge in [0.1, 0.15) is 12.4 Å². The van der Waals surface area contributed by atoms with E-state index in [-0.39, 0.29) is 0 Å². The van der Waals surface area contributed by atoms with Crippen molar-refractivity contribution in [2.75, 3.05) is 25.6 Å². The van der Waals surface area contributed by atoms with Crippen LogP contribution in [0, 0.1) is 18.8 Å². The van der Waals surface area contributed by atoms with Crippen LogP contribution in [0.1, 0.15) is 38.7 Å². The molecule has 0 aliphatic heterocycles. The van der Waals surface area contributed by atoms with E-state index < -0.39 is 0 Å². The van der Waals surface area contributed by atoms with Gasteiger partial charge in [0.05, 0.1) is 12.3 Å². The van der Waals surface area contributed by atoms with Gasteiger partial charge in [-0.25, -0.2) is 0 Å². The van der Waals surface area contributed by atoms with Crippen molar-refractivity contribution in [3.8, 4) is 5.75 Å². The third-order valence-corrected chi connectivity index (χ3v) is 4.73. The predicted molar refractivity (Wildman–Crippen MR) is 88.1 cm³/mol. The van der Waals surface area contributed by atoms with E-state index in [1.807, 2.05) is 0 Å². The molecular formula is C18H29NO2. The van der Waals surface area contributed by atoms with Gasteiger partial charge in [-0.2, -0.15) is 0 Å². The molecule has 1 aromatic rings. The zero-order valence-electron chi connectivity index (χ0n) is 13.8. The zero-order valence-corrected chi connectivity index (χ0v) is 13.8. The first-order valence-corrected chi connectivity index (χ1v) is 8.10. The van der Waals surface area contributed by atoms with E-state index in [9.17, 15) is 0 Å². The molecule has 118 valence electrons. The van der Waals surface area contributed by atoms with Crippen LogP contribution in [0.4, 0.5) is 5.69 Å². The van der Waals surface area contributed by atoms with E-state index in [4.69, 9.17) is 9.47 Å². The second kappa shape index (κ2) is 7.69. The smallest absolute Gasteiger partial charge is 0.142 e. The fraction of sp³-hybridized carbons (Fsp3) is 0.667. The Kier molecular flexibility index (Phi) is 5.92. The summed E-state index contributed by atoms with van der Waals surface area (Å²) in [6, 6.07) is 6.93. The Balaban J connectivity index is 2.07. The Hall–Kier alpha value is -1.22. The minimum atomic E-state index is 0.543. The van der Waals surface area contributed by atoms with Crippen molar-refractivity contribution in [1.29, 1.82) is 0 Å². The summed E-state index contributed by atoms with van der Waals surface area (Å²) in [6.07, 6.45) is 3.91. The van der Waals surface area contributed by atoms with Gasteiger partial charge in [-0.05, 0) is 42.9 Å². The number of hydrogen-bond donors (Lipinski definition) is 1. The normalized spacial score (nSPS) is 25.6. The molecule has 3 atom stereocenters. The van der Waals surface area contributed by atoms with Crippen LogP contribution in [0.5, 0.6) is 5.75 Å². The maximum absolute atomic E-state index is 5.87. The van der Waals surface area contributed by atoms with E-state index in [1.165, 1.54) is 24.8 Å². The molecule has 0 amide bonds. The van der Waals surface area contributed by atoms with Gasteiger partial charge in [0.25, 0.3) is 0 Å².